The quantitative estimate of drug-likeness (QED) is 0.508. The van der Waals surface area contributed by atoms with Gasteiger partial charge >= 0.3 is 19.6 Å². The number of carbonyl (C=O) groups is 2. The van der Waals surface area contributed by atoms with Crippen molar-refractivity contribution < 1.29 is 18.9 Å². The molecule has 0 bridgehead atoms. The first-order valence-corrected chi connectivity index (χ1v) is 3.69. The second-order valence-electron chi connectivity index (χ2n) is 2.55. The third-order valence-corrected chi connectivity index (χ3v) is 1.07. The normalized spacial score (nSPS) is 14.2. The largest absolute Gasteiger partial charge is 0.662 e. The summed E-state index contributed by atoms with van der Waals surface area (Å²) in [5.41, 5.74) is 10.3. The lowest BCUT2D eigenvalue weighted by Crippen LogP contribution is -2.34. The molecule has 4 N–H and O–H groups in total. The van der Waals surface area contributed by atoms with Crippen LogP contribution in [-0.4, -0.2) is 31.7 Å². The summed E-state index contributed by atoms with van der Waals surface area (Å²) >= 11 is 0. The molecule has 0 unspecified atom stereocenters. The van der Waals surface area contributed by atoms with Crippen LogP contribution in [0.15, 0.2) is 0 Å². The highest BCUT2D eigenvalue weighted by Crippen LogP contribution is 1.86. The number of rotatable bonds is 4. The topological polar surface area (TPSA) is 105 Å². The van der Waals surface area contributed by atoms with Gasteiger partial charge in [0.1, 0.15) is 0 Å². The first-order valence-electron chi connectivity index (χ1n) is 3.69. The van der Waals surface area contributed by atoms with Crippen molar-refractivity contribution in [2.75, 3.05) is 0 Å². The summed E-state index contributed by atoms with van der Waals surface area (Å²) in [6.45, 7) is 2.90. The Morgan fingerprint density at radius 1 is 1.08 bits per heavy atom. The highest BCUT2D eigenvalue weighted by atomic mass is 16.6. The molecule has 0 saturated heterocycles. The number of nitrogens with two attached hydrogens (primary N) is 2. The van der Waals surface area contributed by atoms with E-state index in [1.54, 1.807) is 0 Å². The van der Waals surface area contributed by atoms with Crippen LogP contribution in [0, 0.1) is 0 Å². The average molecular weight is 187 g/mol. The van der Waals surface area contributed by atoms with Gasteiger partial charge in [0.05, 0.1) is 12.1 Å². The van der Waals surface area contributed by atoms with Crippen molar-refractivity contribution in [2.24, 2.45) is 11.5 Å². The smallest absolute Gasteiger partial charge is 0.499 e. The maximum Gasteiger partial charge on any atom is 0.662 e. The molecule has 0 saturated carbocycles. The van der Waals surface area contributed by atoms with Crippen LogP contribution < -0.4 is 11.5 Å². The monoisotopic (exact) mass is 187 g/mol. The van der Waals surface area contributed by atoms with E-state index in [2.05, 4.69) is 9.31 Å². The minimum Gasteiger partial charge on any atom is -0.499 e. The van der Waals surface area contributed by atoms with Crippen LogP contribution in [-0.2, 0) is 18.9 Å². The molecule has 0 heterocycles. The van der Waals surface area contributed by atoms with Gasteiger partial charge in [0.25, 0.3) is 0 Å². The molecule has 2 atom stereocenters. The molecule has 0 amide bonds. The van der Waals surface area contributed by atoms with E-state index in [0.717, 1.165) is 0 Å². The lowest BCUT2D eigenvalue weighted by molar-refractivity contribution is -0.140. The van der Waals surface area contributed by atoms with E-state index in [1.165, 1.54) is 13.8 Å². The van der Waals surface area contributed by atoms with E-state index in [4.69, 9.17) is 11.5 Å². The fourth-order valence-corrected chi connectivity index (χ4v) is 0.334. The number of hydrogen-bond donors (Lipinski definition) is 2. The fraction of sp³-hybridized carbons (Fsp3) is 0.667. The lowest BCUT2D eigenvalue weighted by Gasteiger charge is -2.07. The van der Waals surface area contributed by atoms with Gasteiger partial charge in [-0.1, -0.05) is 0 Å². The number of carbonyl (C=O) groups excluding carboxylic acids is 2. The fourth-order valence-electron chi connectivity index (χ4n) is 0.334. The molecule has 0 aromatic carbocycles. The Morgan fingerprint density at radius 3 is 1.62 bits per heavy atom. The molecule has 0 aliphatic rings. The molecule has 0 aromatic rings. The van der Waals surface area contributed by atoms with Gasteiger partial charge in [-0.05, 0) is 13.8 Å². The Kier molecular flexibility index (Phi) is 5.09. The summed E-state index contributed by atoms with van der Waals surface area (Å²) in [6.07, 6.45) is 0. The predicted molar refractivity (Wildman–Crippen MR) is 45.2 cm³/mol. The van der Waals surface area contributed by atoms with Crippen LogP contribution in [0.25, 0.3) is 0 Å². The van der Waals surface area contributed by atoms with Crippen molar-refractivity contribution in [3.63, 3.8) is 0 Å². The van der Waals surface area contributed by atoms with Crippen molar-refractivity contribution >= 4 is 19.6 Å². The first-order chi connectivity index (χ1) is 5.95. The molecule has 0 aromatic heterocycles. The molecular weight excluding hydrogens is 175 g/mol. The summed E-state index contributed by atoms with van der Waals surface area (Å²) in [6, 6.07) is -1.52. The Labute approximate surface area is 76.9 Å². The van der Waals surface area contributed by atoms with Gasteiger partial charge in [0, 0.05) is 0 Å². The molecule has 6 nitrogen and oxygen atoms in total. The van der Waals surface area contributed by atoms with Crippen LogP contribution in [0.3, 0.4) is 0 Å². The Balaban J connectivity index is 3.57. The van der Waals surface area contributed by atoms with Gasteiger partial charge in [-0.25, -0.2) is 0 Å². The van der Waals surface area contributed by atoms with Gasteiger partial charge in [-0.3, -0.25) is 9.59 Å². The SMILES string of the molecule is C[C@H](N)C(=O)O[B]OC(=O)[C@H](C)N. The maximum absolute atomic E-state index is 10.7. The molecule has 7 heteroatoms. The van der Waals surface area contributed by atoms with Gasteiger partial charge in [-0.15, -0.1) is 0 Å². The van der Waals surface area contributed by atoms with Crippen molar-refractivity contribution in [2.45, 2.75) is 25.9 Å². The van der Waals surface area contributed by atoms with E-state index in [0.29, 0.717) is 7.69 Å². The van der Waals surface area contributed by atoms with Crippen LogP contribution in [0.1, 0.15) is 13.8 Å². The van der Waals surface area contributed by atoms with Crippen molar-refractivity contribution in [3.05, 3.63) is 0 Å². The van der Waals surface area contributed by atoms with Crippen molar-refractivity contribution in [1.29, 1.82) is 0 Å². The van der Waals surface area contributed by atoms with Gasteiger partial charge in [0.2, 0.25) is 0 Å². The van der Waals surface area contributed by atoms with Crippen LogP contribution in [0.5, 0.6) is 0 Å². The summed E-state index contributed by atoms with van der Waals surface area (Å²) < 4.78 is 8.67. The first kappa shape index (κ1) is 11.9. The molecular formula is C6H12BN2O4. The van der Waals surface area contributed by atoms with Crippen molar-refractivity contribution in [3.8, 4) is 0 Å². The molecule has 73 valence electrons. The van der Waals surface area contributed by atoms with E-state index < -0.39 is 24.0 Å². The highest BCUT2D eigenvalue weighted by Gasteiger charge is 2.15. The summed E-state index contributed by atoms with van der Waals surface area (Å²) in [7, 11) is 0.622. The summed E-state index contributed by atoms with van der Waals surface area (Å²) in [4.78, 5) is 21.4. The van der Waals surface area contributed by atoms with Gasteiger partial charge in [0.15, 0.2) is 0 Å². The Hall–Kier alpha value is -1.08. The zero-order valence-corrected chi connectivity index (χ0v) is 7.52. The molecule has 1 radical (unpaired) electrons. The molecule has 0 fully saturated rings. The Bertz CT molecular complexity index is 175. The third-order valence-electron chi connectivity index (χ3n) is 1.07. The molecule has 0 aliphatic heterocycles. The van der Waals surface area contributed by atoms with E-state index in [1.807, 2.05) is 0 Å². The predicted octanol–water partition coefficient (Wildman–Crippen LogP) is -1.70. The van der Waals surface area contributed by atoms with E-state index in [-0.39, 0.29) is 0 Å². The second kappa shape index (κ2) is 5.55. The number of hydrogen-bond acceptors (Lipinski definition) is 6. The zero-order chi connectivity index (χ0) is 10.4. The van der Waals surface area contributed by atoms with Gasteiger partial charge < -0.3 is 20.8 Å². The highest BCUT2D eigenvalue weighted by molar-refractivity contribution is 6.26. The Morgan fingerprint density at radius 2 is 1.38 bits per heavy atom. The molecule has 13 heavy (non-hydrogen) atoms. The van der Waals surface area contributed by atoms with E-state index in [9.17, 15) is 9.59 Å². The molecule has 0 aliphatic carbocycles. The summed E-state index contributed by atoms with van der Waals surface area (Å²) in [5.74, 6) is -1.37. The summed E-state index contributed by atoms with van der Waals surface area (Å²) in [5, 5.41) is 0. The van der Waals surface area contributed by atoms with E-state index >= 15 is 0 Å². The second-order valence-corrected chi connectivity index (χ2v) is 2.55. The van der Waals surface area contributed by atoms with Crippen LogP contribution >= 0.6 is 0 Å². The minimum absolute atomic E-state index is 0.622. The van der Waals surface area contributed by atoms with Crippen LogP contribution in [0.4, 0.5) is 0 Å². The molecule has 0 spiro atoms. The minimum atomic E-state index is -0.759. The third kappa shape index (κ3) is 5.21. The molecule has 0 rings (SSSR count). The maximum atomic E-state index is 10.7. The van der Waals surface area contributed by atoms with Crippen molar-refractivity contribution in [1.82, 2.24) is 0 Å². The van der Waals surface area contributed by atoms with Gasteiger partial charge in [-0.2, -0.15) is 0 Å². The van der Waals surface area contributed by atoms with Crippen LogP contribution in [0.2, 0.25) is 0 Å². The average Bonchev–Trinajstić information content (AvgIpc) is 2.03. The lowest BCUT2D eigenvalue weighted by atomic mass is 10.3. The standard InChI is InChI=1S/C6H12BN2O4/c1-3(8)5(10)12-7-13-6(11)4(2)9/h3-4H,8-9H2,1-2H3/t3-,4-/m0/s1. The zero-order valence-electron chi connectivity index (χ0n) is 7.52.